The maximum absolute atomic E-state index is 10.3. The van der Waals surface area contributed by atoms with E-state index in [-0.39, 0.29) is 44.2 Å². The van der Waals surface area contributed by atoms with Gasteiger partial charge < -0.3 is 20.4 Å². The van der Waals surface area contributed by atoms with Crippen molar-refractivity contribution in [1.82, 2.24) is 0 Å². The number of aromatic hydroxyl groups is 3. The summed E-state index contributed by atoms with van der Waals surface area (Å²) < 4.78 is 0. The Morgan fingerprint density at radius 2 is 1.46 bits per heavy atom. The van der Waals surface area contributed by atoms with E-state index in [0.717, 1.165) is 12.1 Å². The fraction of sp³-hybridized carbons (Fsp3) is 0. The number of carboxylic acids is 1. The Kier molecular flexibility index (Phi) is 4.35. The van der Waals surface area contributed by atoms with Gasteiger partial charge in [-0.05, 0) is 12.1 Å². The maximum atomic E-state index is 10.3. The van der Waals surface area contributed by atoms with E-state index in [9.17, 15) is 4.79 Å². The summed E-state index contributed by atoms with van der Waals surface area (Å²) in [7, 11) is 0. The molecule has 0 saturated heterocycles. The Bertz CT molecular complexity index is 313. The standard InChI is InChI=1S/C7H6O5.Tb/c8-4-1-3(7(11)12)2-5(9)6(4)10;/h1-2,8-10H,(H,11,12);. The number of benzene rings is 1. The Labute approximate surface area is 104 Å². The second-order valence-corrected chi connectivity index (χ2v) is 2.17. The average molecular weight is 329 g/mol. The average Bonchev–Trinajstić information content (AvgIpc) is 1.99. The molecule has 0 fully saturated rings. The van der Waals surface area contributed by atoms with Gasteiger partial charge in [0.25, 0.3) is 0 Å². The second kappa shape index (κ2) is 4.57. The van der Waals surface area contributed by atoms with Gasteiger partial charge in [0.1, 0.15) is 0 Å². The number of rotatable bonds is 1. The predicted octanol–water partition coefficient (Wildman–Crippen LogP) is 0.502. The molecular weight excluding hydrogens is 323 g/mol. The fourth-order valence-corrected chi connectivity index (χ4v) is 0.728. The van der Waals surface area contributed by atoms with Crippen LogP contribution in [0.25, 0.3) is 0 Å². The van der Waals surface area contributed by atoms with Crippen molar-refractivity contribution >= 4 is 5.97 Å². The molecule has 1 aromatic carbocycles. The second-order valence-electron chi connectivity index (χ2n) is 2.17. The molecule has 1 radical (unpaired) electrons. The zero-order valence-corrected chi connectivity index (χ0v) is 8.32. The molecule has 0 amide bonds. The molecule has 0 aliphatic rings. The first-order valence-corrected chi connectivity index (χ1v) is 3.00. The van der Waals surface area contributed by atoms with Crippen LogP contribution in [0.4, 0.5) is 0 Å². The summed E-state index contributed by atoms with van der Waals surface area (Å²) in [6.45, 7) is 0. The summed E-state index contributed by atoms with van der Waals surface area (Å²) >= 11 is 0. The summed E-state index contributed by atoms with van der Waals surface area (Å²) in [6.07, 6.45) is 0. The van der Waals surface area contributed by atoms with Gasteiger partial charge >= 0.3 is 5.97 Å². The number of phenolic OH excluding ortho intramolecular Hbond substituents is 3. The molecule has 6 heteroatoms. The predicted molar refractivity (Wildman–Crippen MR) is 38.4 cm³/mol. The molecule has 1 aromatic rings. The molecular formula is C7H6O5Tb. The number of carbonyl (C=O) groups is 1. The molecule has 0 bridgehead atoms. The SMILES string of the molecule is O=C(O)c1cc(O)c(O)c(O)c1.[Tb]. The van der Waals surface area contributed by atoms with Crippen molar-refractivity contribution in [2.75, 3.05) is 0 Å². The van der Waals surface area contributed by atoms with E-state index in [1.165, 1.54) is 0 Å². The van der Waals surface area contributed by atoms with Crippen molar-refractivity contribution in [3.63, 3.8) is 0 Å². The monoisotopic (exact) mass is 329 g/mol. The van der Waals surface area contributed by atoms with Crippen molar-refractivity contribution in [3.8, 4) is 17.2 Å². The minimum absolute atomic E-state index is 0. The summed E-state index contributed by atoms with van der Waals surface area (Å²) in [6, 6.07) is 1.69. The maximum Gasteiger partial charge on any atom is 0.335 e. The van der Waals surface area contributed by atoms with Crippen molar-refractivity contribution in [2.24, 2.45) is 0 Å². The molecule has 0 aromatic heterocycles. The van der Waals surface area contributed by atoms with Gasteiger partial charge in [-0.25, -0.2) is 4.79 Å². The van der Waals surface area contributed by atoms with E-state index in [0.29, 0.717) is 0 Å². The number of hydrogen-bond donors (Lipinski definition) is 4. The van der Waals surface area contributed by atoms with Gasteiger partial charge in [0.05, 0.1) is 5.56 Å². The molecule has 0 heterocycles. The van der Waals surface area contributed by atoms with Gasteiger partial charge in [-0.2, -0.15) is 0 Å². The van der Waals surface area contributed by atoms with Crippen LogP contribution in [0.1, 0.15) is 10.4 Å². The van der Waals surface area contributed by atoms with Crippen LogP contribution < -0.4 is 0 Å². The number of carboxylic acid groups (broad SMARTS) is 1. The van der Waals surface area contributed by atoms with Crippen molar-refractivity contribution in [2.45, 2.75) is 0 Å². The van der Waals surface area contributed by atoms with Gasteiger partial charge in [0, 0.05) is 38.6 Å². The zero-order valence-electron chi connectivity index (χ0n) is 6.19. The van der Waals surface area contributed by atoms with Crippen LogP contribution in [0.5, 0.6) is 17.2 Å². The number of phenols is 3. The molecule has 0 saturated carbocycles. The molecule has 73 valence electrons. The Morgan fingerprint density at radius 3 is 1.77 bits per heavy atom. The Hall–Kier alpha value is -0.624. The number of aromatic carboxylic acids is 1. The quantitative estimate of drug-likeness (QED) is 0.563. The molecule has 4 N–H and O–H groups in total. The van der Waals surface area contributed by atoms with Crippen LogP contribution in [0.2, 0.25) is 0 Å². The van der Waals surface area contributed by atoms with E-state index >= 15 is 0 Å². The van der Waals surface area contributed by atoms with Crippen LogP contribution in [0.3, 0.4) is 0 Å². The molecule has 0 atom stereocenters. The summed E-state index contributed by atoms with van der Waals surface area (Å²) in [5.41, 5.74) is -0.289. The van der Waals surface area contributed by atoms with Crippen molar-refractivity contribution in [3.05, 3.63) is 17.7 Å². The van der Waals surface area contributed by atoms with E-state index in [1.54, 1.807) is 0 Å². The smallest absolute Gasteiger partial charge is 0.335 e. The largest absolute Gasteiger partial charge is 0.504 e. The number of hydrogen-bond acceptors (Lipinski definition) is 4. The van der Waals surface area contributed by atoms with Crippen molar-refractivity contribution in [1.29, 1.82) is 0 Å². The molecule has 5 nitrogen and oxygen atoms in total. The van der Waals surface area contributed by atoms with Crippen LogP contribution in [-0.2, 0) is 0 Å². The normalized spacial score (nSPS) is 8.92. The van der Waals surface area contributed by atoms with Crippen molar-refractivity contribution < 1.29 is 63.8 Å². The summed E-state index contributed by atoms with van der Waals surface area (Å²) in [5, 5.41) is 35.0. The van der Waals surface area contributed by atoms with Crippen LogP contribution in [0, 0.1) is 38.6 Å². The minimum atomic E-state index is -1.29. The first-order chi connectivity index (χ1) is 5.52. The molecule has 0 spiro atoms. The van der Waals surface area contributed by atoms with E-state index in [2.05, 4.69) is 0 Å². The molecule has 0 unspecified atom stereocenters. The van der Waals surface area contributed by atoms with Gasteiger partial charge in [0.2, 0.25) is 0 Å². The third kappa shape index (κ3) is 2.66. The van der Waals surface area contributed by atoms with E-state index < -0.39 is 23.2 Å². The van der Waals surface area contributed by atoms with Crippen LogP contribution in [-0.4, -0.2) is 26.4 Å². The third-order valence-electron chi connectivity index (χ3n) is 1.32. The van der Waals surface area contributed by atoms with E-state index in [4.69, 9.17) is 20.4 Å². The minimum Gasteiger partial charge on any atom is -0.504 e. The first kappa shape index (κ1) is 12.4. The Balaban J connectivity index is 0.00000144. The molecule has 13 heavy (non-hydrogen) atoms. The summed E-state index contributed by atoms with van der Waals surface area (Å²) in [5.74, 6) is -3.33. The topological polar surface area (TPSA) is 98.0 Å². The zero-order chi connectivity index (χ0) is 9.30. The van der Waals surface area contributed by atoms with Gasteiger partial charge in [-0.3, -0.25) is 0 Å². The first-order valence-electron chi connectivity index (χ1n) is 3.00. The van der Waals surface area contributed by atoms with Gasteiger partial charge in [-0.1, -0.05) is 0 Å². The molecule has 0 aliphatic heterocycles. The molecule has 1 rings (SSSR count). The van der Waals surface area contributed by atoms with Gasteiger partial charge in [0.15, 0.2) is 17.2 Å². The summed E-state index contributed by atoms with van der Waals surface area (Å²) in [4.78, 5) is 10.3. The third-order valence-corrected chi connectivity index (χ3v) is 1.32. The van der Waals surface area contributed by atoms with Crippen LogP contribution >= 0.6 is 0 Å². The van der Waals surface area contributed by atoms with Gasteiger partial charge in [-0.15, -0.1) is 0 Å². The fourth-order valence-electron chi connectivity index (χ4n) is 0.728. The van der Waals surface area contributed by atoms with Crippen LogP contribution in [0.15, 0.2) is 12.1 Å². The Morgan fingerprint density at radius 1 is 1.08 bits per heavy atom. The molecule has 0 aliphatic carbocycles. The van der Waals surface area contributed by atoms with E-state index in [1.807, 2.05) is 0 Å².